The van der Waals surface area contributed by atoms with Gasteiger partial charge >= 0.3 is 5.97 Å². The molecule has 7 heteroatoms. The summed E-state index contributed by atoms with van der Waals surface area (Å²) >= 11 is 7.85. The minimum absolute atomic E-state index is 0.354. The summed E-state index contributed by atoms with van der Waals surface area (Å²) in [5.74, 6) is 1.09. The molecule has 0 fully saturated rings. The van der Waals surface area contributed by atoms with Crippen molar-refractivity contribution in [2.75, 3.05) is 25.7 Å². The zero-order chi connectivity index (χ0) is 16.5. The van der Waals surface area contributed by atoms with Gasteiger partial charge in [0, 0.05) is 17.6 Å². The van der Waals surface area contributed by atoms with Crippen LogP contribution in [0.2, 0.25) is 5.02 Å². The summed E-state index contributed by atoms with van der Waals surface area (Å²) in [4.78, 5) is 11.2. The van der Waals surface area contributed by atoms with E-state index in [9.17, 15) is 9.90 Å². The zero-order valence-electron chi connectivity index (χ0n) is 13.0. The van der Waals surface area contributed by atoms with E-state index < -0.39 is 12.0 Å². The Morgan fingerprint density at radius 3 is 2.73 bits per heavy atom. The van der Waals surface area contributed by atoms with Crippen LogP contribution in [0, 0.1) is 0 Å². The van der Waals surface area contributed by atoms with Gasteiger partial charge in [0.2, 0.25) is 0 Å². The lowest BCUT2D eigenvalue weighted by molar-refractivity contribution is -0.139. The molecule has 1 unspecified atom stereocenters. The molecule has 22 heavy (non-hydrogen) atoms. The summed E-state index contributed by atoms with van der Waals surface area (Å²) in [6.45, 7) is 2.75. The van der Waals surface area contributed by atoms with E-state index in [0.717, 1.165) is 11.3 Å². The Hall–Kier alpha value is -1.11. The fraction of sp³-hybridized carbons (Fsp3) is 0.533. The first-order valence-corrected chi connectivity index (χ1v) is 8.75. The lowest BCUT2D eigenvalue weighted by Gasteiger charge is -2.16. The van der Waals surface area contributed by atoms with E-state index in [1.807, 2.05) is 13.2 Å². The van der Waals surface area contributed by atoms with Crippen LogP contribution in [0.25, 0.3) is 0 Å². The van der Waals surface area contributed by atoms with E-state index >= 15 is 0 Å². The van der Waals surface area contributed by atoms with Gasteiger partial charge in [-0.3, -0.25) is 4.79 Å². The fourth-order valence-electron chi connectivity index (χ4n) is 1.92. The summed E-state index contributed by atoms with van der Waals surface area (Å²) in [6.07, 6.45) is 2.51. The number of halogens is 1. The number of nitrogens with one attached hydrogen (secondary N) is 1. The number of carboxylic acid groups (broad SMARTS) is 1. The number of rotatable bonds is 10. The molecule has 1 rings (SSSR count). The first-order valence-electron chi connectivity index (χ1n) is 6.97. The van der Waals surface area contributed by atoms with Crippen LogP contribution >= 0.6 is 23.4 Å². The summed E-state index contributed by atoms with van der Waals surface area (Å²) in [7, 11) is 1.56. The molecule has 124 valence electrons. The molecule has 0 saturated heterocycles. The van der Waals surface area contributed by atoms with Gasteiger partial charge in [-0.25, -0.2) is 0 Å². The minimum Gasteiger partial charge on any atom is -0.493 e. The molecule has 0 aliphatic rings. The molecule has 0 bridgehead atoms. The van der Waals surface area contributed by atoms with Gasteiger partial charge in [0.25, 0.3) is 0 Å². The smallest absolute Gasteiger partial charge is 0.320 e. The van der Waals surface area contributed by atoms with E-state index in [1.165, 1.54) is 0 Å². The number of hydrogen-bond donors (Lipinski definition) is 2. The molecule has 0 amide bonds. The SMILES string of the molecule is CCOc1cc(Cl)c(CNC(CCSC)C(=O)O)cc1OC. The van der Waals surface area contributed by atoms with Crippen molar-refractivity contribution in [3.05, 3.63) is 22.7 Å². The highest BCUT2D eigenvalue weighted by atomic mass is 35.5. The number of ether oxygens (including phenoxy) is 2. The standard InChI is InChI=1S/C15H22ClNO4S/c1-4-21-14-8-11(16)10(7-13(14)20-2)9-17-12(15(18)19)5-6-22-3/h7-8,12,17H,4-6,9H2,1-3H3,(H,18,19). The van der Waals surface area contributed by atoms with Crippen molar-refractivity contribution < 1.29 is 19.4 Å². The molecule has 2 N–H and O–H groups in total. The van der Waals surface area contributed by atoms with Gasteiger partial charge in [-0.1, -0.05) is 11.6 Å². The highest BCUT2D eigenvalue weighted by Gasteiger charge is 2.17. The van der Waals surface area contributed by atoms with E-state index in [4.69, 9.17) is 21.1 Å². The second kappa shape index (κ2) is 9.82. The zero-order valence-corrected chi connectivity index (χ0v) is 14.6. The summed E-state index contributed by atoms with van der Waals surface area (Å²) in [6, 6.07) is 2.87. The van der Waals surface area contributed by atoms with Crippen molar-refractivity contribution in [2.24, 2.45) is 0 Å². The van der Waals surface area contributed by atoms with E-state index in [-0.39, 0.29) is 0 Å². The average molecular weight is 348 g/mol. The Labute approximate surface area is 140 Å². The third-order valence-electron chi connectivity index (χ3n) is 3.08. The molecule has 1 aromatic rings. The Bertz CT molecular complexity index is 499. The number of carboxylic acids is 1. The quantitative estimate of drug-likeness (QED) is 0.678. The first-order chi connectivity index (χ1) is 10.5. The van der Waals surface area contributed by atoms with Gasteiger partial charge in [-0.15, -0.1) is 0 Å². The molecule has 0 aliphatic heterocycles. The van der Waals surface area contributed by atoms with Crippen LogP contribution in [0.1, 0.15) is 18.9 Å². The Morgan fingerprint density at radius 1 is 1.45 bits per heavy atom. The molecular weight excluding hydrogens is 326 g/mol. The monoisotopic (exact) mass is 347 g/mol. The molecule has 0 saturated carbocycles. The Balaban J connectivity index is 2.81. The normalized spacial score (nSPS) is 12.0. The predicted molar refractivity (Wildman–Crippen MR) is 90.4 cm³/mol. The molecule has 0 radical (unpaired) electrons. The van der Waals surface area contributed by atoms with Crippen LogP contribution in [-0.4, -0.2) is 42.8 Å². The number of methoxy groups -OCH3 is 1. The molecule has 1 aromatic carbocycles. The number of benzene rings is 1. The topological polar surface area (TPSA) is 67.8 Å². The van der Waals surface area contributed by atoms with Gasteiger partial charge in [-0.05, 0) is 37.0 Å². The third-order valence-corrected chi connectivity index (χ3v) is 4.08. The van der Waals surface area contributed by atoms with Crippen molar-refractivity contribution in [1.29, 1.82) is 0 Å². The maximum absolute atomic E-state index is 11.2. The Kier molecular flexibility index (Phi) is 8.45. The Morgan fingerprint density at radius 2 is 2.18 bits per heavy atom. The molecule has 0 spiro atoms. The predicted octanol–water partition coefficient (Wildman–Crippen LogP) is 3.04. The van der Waals surface area contributed by atoms with Gasteiger partial charge in [0.05, 0.1) is 13.7 Å². The summed E-state index contributed by atoms with van der Waals surface area (Å²) < 4.78 is 10.7. The highest BCUT2D eigenvalue weighted by molar-refractivity contribution is 7.98. The molecule has 0 aromatic heterocycles. The lowest BCUT2D eigenvalue weighted by Crippen LogP contribution is -2.36. The first kappa shape index (κ1) is 18.9. The fourth-order valence-corrected chi connectivity index (χ4v) is 2.61. The van der Waals surface area contributed by atoms with Crippen molar-refractivity contribution in [2.45, 2.75) is 25.9 Å². The van der Waals surface area contributed by atoms with Crippen molar-refractivity contribution >= 4 is 29.3 Å². The van der Waals surface area contributed by atoms with Crippen LogP contribution < -0.4 is 14.8 Å². The number of aliphatic carboxylic acids is 1. The van der Waals surface area contributed by atoms with Crippen LogP contribution in [0.15, 0.2) is 12.1 Å². The average Bonchev–Trinajstić information content (AvgIpc) is 2.49. The maximum atomic E-state index is 11.2. The lowest BCUT2D eigenvalue weighted by atomic mass is 10.1. The summed E-state index contributed by atoms with van der Waals surface area (Å²) in [5.41, 5.74) is 0.775. The molecular formula is C15H22ClNO4S. The van der Waals surface area contributed by atoms with Gasteiger partial charge in [0.1, 0.15) is 6.04 Å². The van der Waals surface area contributed by atoms with Crippen molar-refractivity contribution in [1.82, 2.24) is 5.32 Å². The van der Waals surface area contributed by atoms with E-state index in [2.05, 4.69) is 5.32 Å². The molecule has 0 aliphatic carbocycles. The van der Waals surface area contributed by atoms with Gasteiger partial charge in [-0.2, -0.15) is 11.8 Å². The van der Waals surface area contributed by atoms with Crippen molar-refractivity contribution in [3.8, 4) is 11.5 Å². The number of carbonyl (C=O) groups is 1. The maximum Gasteiger partial charge on any atom is 0.320 e. The van der Waals surface area contributed by atoms with Crippen molar-refractivity contribution in [3.63, 3.8) is 0 Å². The second-order valence-corrected chi connectivity index (χ2v) is 5.97. The van der Waals surface area contributed by atoms with E-state index in [1.54, 1.807) is 31.0 Å². The molecule has 5 nitrogen and oxygen atoms in total. The molecule has 1 atom stereocenters. The summed E-state index contributed by atoms with van der Waals surface area (Å²) in [5, 5.41) is 12.8. The number of hydrogen-bond acceptors (Lipinski definition) is 5. The van der Waals surface area contributed by atoms with E-state index in [0.29, 0.717) is 36.1 Å². The van der Waals surface area contributed by atoms with Gasteiger partial charge < -0.3 is 19.9 Å². The largest absolute Gasteiger partial charge is 0.493 e. The van der Waals surface area contributed by atoms with Crippen LogP contribution in [0.3, 0.4) is 0 Å². The van der Waals surface area contributed by atoms with Crippen LogP contribution in [0.4, 0.5) is 0 Å². The van der Waals surface area contributed by atoms with Gasteiger partial charge in [0.15, 0.2) is 11.5 Å². The second-order valence-electron chi connectivity index (χ2n) is 4.58. The van der Waals surface area contributed by atoms with Crippen LogP contribution in [0.5, 0.6) is 11.5 Å². The van der Waals surface area contributed by atoms with Crippen LogP contribution in [-0.2, 0) is 11.3 Å². The highest BCUT2D eigenvalue weighted by Crippen LogP contribution is 2.33. The molecule has 0 heterocycles. The third kappa shape index (κ3) is 5.59. The number of thioether (sulfide) groups is 1. The minimum atomic E-state index is -0.858.